The summed E-state index contributed by atoms with van der Waals surface area (Å²) in [5.41, 5.74) is 0. The smallest absolute Gasteiger partial charge is 0.326 e. The lowest BCUT2D eigenvalue weighted by molar-refractivity contribution is -0.149. The fourth-order valence-corrected chi connectivity index (χ4v) is 2.49. The van der Waals surface area contributed by atoms with Gasteiger partial charge in [-0.05, 0) is 0 Å². The van der Waals surface area contributed by atoms with E-state index in [4.69, 9.17) is 5.11 Å². The third kappa shape index (κ3) is 3.69. The van der Waals surface area contributed by atoms with Crippen LogP contribution in [0.1, 0.15) is 20.3 Å². The number of halogens is 1. The van der Waals surface area contributed by atoms with Gasteiger partial charge in [-0.2, -0.15) is 0 Å². The molecule has 0 radical (unpaired) electrons. The first kappa shape index (κ1) is 14.9. The molecule has 1 rings (SSSR count). The minimum atomic E-state index is -1.29. The molecule has 0 aromatic carbocycles. The number of likely N-dealkylation sites (tertiary alicyclic amines) is 1. The lowest BCUT2D eigenvalue weighted by atomic mass is 10.1. The van der Waals surface area contributed by atoms with E-state index in [0.29, 0.717) is 0 Å². The Morgan fingerprint density at radius 2 is 2.11 bits per heavy atom. The van der Waals surface area contributed by atoms with E-state index in [0.717, 1.165) is 16.7 Å². The zero-order chi connectivity index (χ0) is 13.9. The topological polar surface area (TPSA) is 74.7 Å². The molecule has 1 N–H and O–H groups in total. The van der Waals surface area contributed by atoms with E-state index < -0.39 is 30.0 Å². The van der Waals surface area contributed by atoms with E-state index in [1.165, 1.54) is 6.92 Å². The first-order valence-corrected chi connectivity index (χ1v) is 6.62. The number of thioether (sulfide) groups is 1. The Bertz CT molecular complexity index is 363. The zero-order valence-electron chi connectivity index (χ0n) is 10.3. The van der Waals surface area contributed by atoms with Gasteiger partial charge in [-0.15, -0.1) is 0 Å². The fourth-order valence-electron chi connectivity index (χ4n) is 1.86. The SMILES string of the molecule is CC(=O)SCC(C)C(=O)N1CC(F)C[C@H]1C(=O)O. The average molecular weight is 277 g/mol. The number of hydrogen-bond acceptors (Lipinski definition) is 4. The van der Waals surface area contributed by atoms with Gasteiger partial charge in [-0.3, -0.25) is 9.59 Å². The van der Waals surface area contributed by atoms with Crippen LogP contribution in [0.3, 0.4) is 0 Å². The molecule has 2 unspecified atom stereocenters. The summed E-state index contributed by atoms with van der Waals surface area (Å²) in [5.74, 6) is -1.80. The molecule has 0 aromatic heterocycles. The van der Waals surface area contributed by atoms with Crippen LogP contribution in [0.15, 0.2) is 0 Å². The van der Waals surface area contributed by atoms with Crippen LogP contribution in [-0.2, 0) is 14.4 Å². The van der Waals surface area contributed by atoms with Crippen LogP contribution in [0.25, 0.3) is 0 Å². The molecular weight excluding hydrogens is 261 g/mol. The van der Waals surface area contributed by atoms with Crippen molar-refractivity contribution in [1.82, 2.24) is 4.90 Å². The standard InChI is InChI=1S/C11H16FNO4S/c1-6(5-18-7(2)14)10(15)13-4-8(12)3-9(13)11(16)17/h6,8-9H,3-5H2,1-2H3,(H,16,17)/t6?,8?,9-/m0/s1. The summed E-state index contributed by atoms with van der Waals surface area (Å²) in [4.78, 5) is 34.8. The molecule has 0 saturated carbocycles. The van der Waals surface area contributed by atoms with Gasteiger partial charge in [-0.1, -0.05) is 18.7 Å². The molecular formula is C11H16FNO4S. The molecule has 0 spiro atoms. The molecule has 0 aromatic rings. The number of carboxylic acids is 1. The van der Waals surface area contributed by atoms with E-state index in [1.807, 2.05) is 0 Å². The predicted octanol–water partition coefficient (Wildman–Crippen LogP) is 0.926. The maximum absolute atomic E-state index is 13.2. The van der Waals surface area contributed by atoms with E-state index >= 15 is 0 Å². The van der Waals surface area contributed by atoms with Crippen molar-refractivity contribution >= 4 is 28.8 Å². The number of hydrogen-bond donors (Lipinski definition) is 1. The normalized spacial score (nSPS) is 24.9. The first-order chi connectivity index (χ1) is 8.32. The molecule has 3 atom stereocenters. The summed E-state index contributed by atoms with van der Waals surface area (Å²) in [5, 5.41) is 8.83. The third-order valence-corrected chi connectivity index (χ3v) is 3.85. The Hall–Kier alpha value is -1.11. The highest BCUT2D eigenvalue weighted by Crippen LogP contribution is 2.23. The van der Waals surface area contributed by atoms with Crippen molar-refractivity contribution in [2.45, 2.75) is 32.5 Å². The molecule has 7 heteroatoms. The maximum Gasteiger partial charge on any atom is 0.326 e. The molecule has 1 aliphatic heterocycles. The monoisotopic (exact) mass is 277 g/mol. The largest absolute Gasteiger partial charge is 0.480 e. The Kier molecular flexibility index (Phi) is 5.13. The van der Waals surface area contributed by atoms with Gasteiger partial charge in [0.05, 0.1) is 6.54 Å². The molecule has 5 nitrogen and oxygen atoms in total. The van der Waals surface area contributed by atoms with Crippen molar-refractivity contribution in [3.05, 3.63) is 0 Å². The number of carbonyl (C=O) groups is 3. The summed E-state index contributed by atoms with van der Waals surface area (Å²) in [6.07, 6.45) is -1.45. The Morgan fingerprint density at radius 3 is 2.61 bits per heavy atom. The Balaban J connectivity index is 2.64. The number of nitrogens with zero attached hydrogens (tertiary/aromatic N) is 1. The highest BCUT2D eigenvalue weighted by Gasteiger charge is 2.40. The predicted molar refractivity (Wildman–Crippen MR) is 65.0 cm³/mol. The summed E-state index contributed by atoms with van der Waals surface area (Å²) in [6.45, 7) is 2.84. The van der Waals surface area contributed by atoms with Gasteiger partial charge in [0, 0.05) is 25.0 Å². The van der Waals surface area contributed by atoms with E-state index in [9.17, 15) is 18.8 Å². The molecule has 102 valence electrons. The van der Waals surface area contributed by atoms with Gasteiger partial charge in [0.1, 0.15) is 12.2 Å². The van der Waals surface area contributed by atoms with Crippen LogP contribution in [0.4, 0.5) is 4.39 Å². The van der Waals surface area contributed by atoms with E-state index in [-0.39, 0.29) is 23.8 Å². The van der Waals surface area contributed by atoms with Gasteiger partial charge in [-0.25, -0.2) is 9.18 Å². The third-order valence-electron chi connectivity index (χ3n) is 2.78. The summed E-state index contributed by atoms with van der Waals surface area (Å²) < 4.78 is 13.2. The molecule has 1 amide bonds. The zero-order valence-corrected chi connectivity index (χ0v) is 11.1. The second kappa shape index (κ2) is 6.17. The van der Waals surface area contributed by atoms with Crippen LogP contribution in [0, 0.1) is 5.92 Å². The minimum absolute atomic E-state index is 0.103. The quantitative estimate of drug-likeness (QED) is 0.827. The van der Waals surface area contributed by atoms with Crippen molar-refractivity contribution in [2.75, 3.05) is 12.3 Å². The summed E-state index contributed by atoms with van der Waals surface area (Å²) >= 11 is 1.01. The highest BCUT2D eigenvalue weighted by atomic mass is 32.2. The number of amides is 1. The van der Waals surface area contributed by atoms with Crippen LogP contribution >= 0.6 is 11.8 Å². The van der Waals surface area contributed by atoms with E-state index in [2.05, 4.69) is 0 Å². The molecule has 1 fully saturated rings. The molecule has 0 aliphatic carbocycles. The van der Waals surface area contributed by atoms with Crippen molar-refractivity contribution in [3.8, 4) is 0 Å². The van der Waals surface area contributed by atoms with Crippen LogP contribution < -0.4 is 0 Å². The summed E-state index contributed by atoms with van der Waals surface area (Å²) in [6, 6.07) is -1.09. The van der Waals surface area contributed by atoms with Gasteiger partial charge >= 0.3 is 5.97 Å². The molecule has 1 heterocycles. The van der Waals surface area contributed by atoms with Gasteiger partial charge in [0.25, 0.3) is 0 Å². The highest BCUT2D eigenvalue weighted by molar-refractivity contribution is 8.13. The molecule has 1 aliphatic rings. The lowest BCUT2D eigenvalue weighted by Crippen LogP contribution is -2.43. The van der Waals surface area contributed by atoms with Gasteiger partial charge < -0.3 is 10.0 Å². The number of carboxylic acid groups (broad SMARTS) is 1. The second-order valence-electron chi connectivity index (χ2n) is 4.38. The van der Waals surface area contributed by atoms with Crippen molar-refractivity contribution in [3.63, 3.8) is 0 Å². The summed E-state index contributed by atoms with van der Waals surface area (Å²) in [7, 11) is 0. The fraction of sp³-hybridized carbons (Fsp3) is 0.727. The molecule has 1 saturated heterocycles. The average Bonchev–Trinajstić information content (AvgIpc) is 2.67. The number of alkyl halides is 1. The Labute approximate surface area is 109 Å². The second-order valence-corrected chi connectivity index (χ2v) is 5.58. The maximum atomic E-state index is 13.2. The van der Waals surface area contributed by atoms with Crippen LogP contribution in [0.5, 0.6) is 0 Å². The van der Waals surface area contributed by atoms with Gasteiger partial charge in [0.2, 0.25) is 5.91 Å². The lowest BCUT2D eigenvalue weighted by Gasteiger charge is -2.24. The number of carbonyl (C=O) groups excluding carboxylic acids is 2. The van der Waals surface area contributed by atoms with Crippen molar-refractivity contribution in [1.29, 1.82) is 0 Å². The molecule has 18 heavy (non-hydrogen) atoms. The van der Waals surface area contributed by atoms with Gasteiger partial charge in [0.15, 0.2) is 5.12 Å². The number of aliphatic carboxylic acids is 1. The molecule has 0 bridgehead atoms. The van der Waals surface area contributed by atoms with Crippen LogP contribution in [0.2, 0.25) is 0 Å². The number of rotatable bonds is 4. The first-order valence-electron chi connectivity index (χ1n) is 5.63. The van der Waals surface area contributed by atoms with Crippen molar-refractivity contribution in [2.24, 2.45) is 5.92 Å². The minimum Gasteiger partial charge on any atom is -0.480 e. The van der Waals surface area contributed by atoms with Crippen molar-refractivity contribution < 1.29 is 23.9 Å². The van der Waals surface area contributed by atoms with E-state index in [1.54, 1.807) is 6.92 Å². The Morgan fingerprint density at radius 1 is 1.50 bits per heavy atom. The van der Waals surface area contributed by atoms with Crippen LogP contribution in [-0.4, -0.2) is 51.5 Å².